The van der Waals surface area contributed by atoms with Crippen LogP contribution in [-0.2, 0) is 13.5 Å². The molecule has 0 atom stereocenters. The molecule has 0 saturated heterocycles. The molecule has 0 amide bonds. The van der Waals surface area contributed by atoms with E-state index in [0.717, 1.165) is 6.42 Å². The molecule has 5 aromatic rings. The van der Waals surface area contributed by atoms with Gasteiger partial charge in [-0.2, -0.15) is 0 Å². The van der Waals surface area contributed by atoms with Gasteiger partial charge in [-0.3, -0.25) is 0 Å². The van der Waals surface area contributed by atoms with Crippen LogP contribution < -0.4 is 0 Å². The fraction of sp³-hybridized carbons (Fsp3) is 0.0769. The molecule has 0 aliphatic heterocycles. The molecule has 0 spiro atoms. The summed E-state index contributed by atoms with van der Waals surface area (Å²) in [5, 5.41) is 2.66. The Morgan fingerprint density at radius 3 is 2.33 bits per heavy atom. The number of hydrogen-bond acceptors (Lipinski definition) is 0. The van der Waals surface area contributed by atoms with E-state index in [2.05, 4.69) is 96.5 Å². The van der Waals surface area contributed by atoms with Gasteiger partial charge in [0.05, 0.1) is 0 Å². The van der Waals surface area contributed by atoms with Crippen molar-refractivity contribution in [2.24, 2.45) is 7.05 Å². The van der Waals surface area contributed by atoms with Gasteiger partial charge in [0, 0.05) is 28.9 Å². The van der Waals surface area contributed by atoms with Crippen molar-refractivity contribution in [3.05, 3.63) is 96.1 Å². The van der Waals surface area contributed by atoms with E-state index >= 15 is 0 Å². The first kappa shape index (κ1) is 14.8. The second kappa shape index (κ2) is 5.34. The van der Waals surface area contributed by atoms with Gasteiger partial charge >= 0.3 is 0 Å². The molecule has 1 aromatic heterocycles. The van der Waals surface area contributed by atoms with Crippen LogP contribution in [0.2, 0.25) is 0 Å². The molecule has 0 unspecified atom stereocenters. The largest absolute Gasteiger partial charge is 0.344 e. The fourth-order valence-electron chi connectivity index (χ4n) is 4.76. The van der Waals surface area contributed by atoms with Crippen molar-refractivity contribution in [2.45, 2.75) is 6.42 Å². The molecule has 0 radical (unpaired) electrons. The van der Waals surface area contributed by atoms with E-state index in [1.807, 2.05) is 0 Å². The van der Waals surface area contributed by atoms with E-state index in [0.29, 0.717) is 0 Å². The van der Waals surface area contributed by atoms with Crippen LogP contribution in [0.1, 0.15) is 11.1 Å². The predicted molar refractivity (Wildman–Crippen MR) is 114 cm³/mol. The first-order valence-electron chi connectivity index (χ1n) is 9.49. The molecule has 128 valence electrons. The maximum absolute atomic E-state index is 2.37. The van der Waals surface area contributed by atoms with Gasteiger partial charge in [0.2, 0.25) is 0 Å². The van der Waals surface area contributed by atoms with Crippen LogP contribution in [0.25, 0.3) is 44.1 Å². The van der Waals surface area contributed by atoms with Gasteiger partial charge in [-0.1, -0.05) is 66.7 Å². The number of aryl methyl sites for hydroxylation is 1. The molecule has 1 heteroatoms. The number of para-hydroxylation sites is 1. The number of aromatic nitrogens is 1. The standard InChI is InChI=1S/C26H19N/c1-27-25-12-5-4-9-22(25)24-16-18(13-14-26(24)27)20-10-6-11-21-19-8-3-2-7-17(19)15-23(20)21/h2-14,16H,15H2,1H3. The smallest absolute Gasteiger partial charge is 0.0489 e. The first-order chi connectivity index (χ1) is 13.3. The fourth-order valence-corrected chi connectivity index (χ4v) is 4.76. The zero-order valence-electron chi connectivity index (χ0n) is 15.2. The lowest BCUT2D eigenvalue weighted by Gasteiger charge is -2.09. The minimum atomic E-state index is 1.02. The van der Waals surface area contributed by atoms with E-state index in [-0.39, 0.29) is 0 Å². The van der Waals surface area contributed by atoms with Crippen LogP contribution in [0.15, 0.2) is 84.9 Å². The van der Waals surface area contributed by atoms with Crippen molar-refractivity contribution in [2.75, 3.05) is 0 Å². The van der Waals surface area contributed by atoms with Crippen LogP contribution in [-0.4, -0.2) is 4.57 Å². The van der Waals surface area contributed by atoms with E-state index in [1.54, 1.807) is 0 Å². The summed E-state index contributed by atoms with van der Waals surface area (Å²) in [7, 11) is 2.15. The Kier molecular flexibility index (Phi) is 2.93. The van der Waals surface area contributed by atoms with Crippen LogP contribution in [0.5, 0.6) is 0 Å². The van der Waals surface area contributed by atoms with Crippen LogP contribution >= 0.6 is 0 Å². The third-order valence-electron chi connectivity index (χ3n) is 6.08. The lowest BCUT2D eigenvalue weighted by molar-refractivity contribution is 1.01. The minimum absolute atomic E-state index is 1.02. The molecule has 0 N–H and O–H groups in total. The van der Waals surface area contributed by atoms with Crippen molar-refractivity contribution in [3.63, 3.8) is 0 Å². The molecule has 1 heterocycles. The van der Waals surface area contributed by atoms with E-state index in [1.165, 1.54) is 55.2 Å². The SMILES string of the molecule is Cn1c2ccccc2c2cc(-c3cccc4c3Cc3ccccc3-4)ccc21. The third kappa shape index (κ3) is 2.00. The van der Waals surface area contributed by atoms with Crippen molar-refractivity contribution >= 4 is 21.8 Å². The molecule has 0 saturated carbocycles. The first-order valence-corrected chi connectivity index (χ1v) is 9.49. The summed E-state index contributed by atoms with van der Waals surface area (Å²) in [5.41, 5.74) is 10.9. The Balaban J connectivity index is 1.61. The van der Waals surface area contributed by atoms with Gasteiger partial charge in [-0.15, -0.1) is 0 Å². The zero-order chi connectivity index (χ0) is 18.0. The van der Waals surface area contributed by atoms with Gasteiger partial charge in [0.1, 0.15) is 0 Å². The average Bonchev–Trinajstić information content (AvgIpc) is 3.24. The predicted octanol–water partition coefficient (Wildman–Crippen LogP) is 6.57. The van der Waals surface area contributed by atoms with Gasteiger partial charge in [0.25, 0.3) is 0 Å². The lowest BCUT2D eigenvalue weighted by Crippen LogP contribution is -1.89. The van der Waals surface area contributed by atoms with Gasteiger partial charge in [0.15, 0.2) is 0 Å². The maximum atomic E-state index is 2.37. The molecule has 1 nitrogen and oxygen atoms in total. The van der Waals surface area contributed by atoms with E-state index in [4.69, 9.17) is 0 Å². The number of benzene rings is 4. The van der Waals surface area contributed by atoms with Gasteiger partial charge < -0.3 is 4.57 Å². The van der Waals surface area contributed by atoms with Crippen LogP contribution in [0, 0.1) is 0 Å². The molecule has 27 heavy (non-hydrogen) atoms. The lowest BCUT2D eigenvalue weighted by atomic mass is 9.95. The highest BCUT2D eigenvalue weighted by molar-refractivity contribution is 6.09. The second-order valence-electron chi connectivity index (χ2n) is 7.47. The Morgan fingerprint density at radius 1 is 0.630 bits per heavy atom. The maximum Gasteiger partial charge on any atom is 0.0489 e. The monoisotopic (exact) mass is 345 g/mol. The summed E-state index contributed by atoms with van der Waals surface area (Å²) in [6, 6.07) is 31.1. The molecular formula is C26H19N. The van der Waals surface area contributed by atoms with Gasteiger partial charge in [-0.05, 0) is 58.0 Å². The summed E-state index contributed by atoms with van der Waals surface area (Å²) in [6.45, 7) is 0. The number of hydrogen-bond donors (Lipinski definition) is 0. The zero-order valence-corrected chi connectivity index (χ0v) is 15.2. The van der Waals surface area contributed by atoms with Crippen molar-refractivity contribution < 1.29 is 0 Å². The van der Waals surface area contributed by atoms with E-state index in [9.17, 15) is 0 Å². The minimum Gasteiger partial charge on any atom is -0.344 e. The highest BCUT2D eigenvalue weighted by Gasteiger charge is 2.21. The number of rotatable bonds is 1. The Bertz CT molecular complexity index is 1350. The molecule has 1 aliphatic rings. The van der Waals surface area contributed by atoms with Crippen molar-refractivity contribution in [3.8, 4) is 22.3 Å². The summed E-state index contributed by atoms with van der Waals surface area (Å²) in [6.07, 6.45) is 1.02. The Hall–Kier alpha value is -3.32. The normalized spacial score (nSPS) is 12.5. The number of nitrogens with zero attached hydrogens (tertiary/aromatic N) is 1. The Labute approximate surface area is 158 Å². The van der Waals surface area contributed by atoms with Crippen LogP contribution in [0.3, 0.4) is 0 Å². The summed E-state index contributed by atoms with van der Waals surface area (Å²) >= 11 is 0. The van der Waals surface area contributed by atoms with Crippen LogP contribution in [0.4, 0.5) is 0 Å². The van der Waals surface area contributed by atoms with Crippen molar-refractivity contribution in [1.82, 2.24) is 4.57 Å². The summed E-state index contributed by atoms with van der Waals surface area (Å²) < 4.78 is 2.29. The highest BCUT2D eigenvalue weighted by atomic mass is 14.9. The quantitative estimate of drug-likeness (QED) is 0.318. The molecule has 1 aliphatic carbocycles. The molecule has 0 bridgehead atoms. The highest BCUT2D eigenvalue weighted by Crippen LogP contribution is 2.42. The van der Waals surface area contributed by atoms with Gasteiger partial charge in [-0.25, -0.2) is 0 Å². The summed E-state index contributed by atoms with van der Waals surface area (Å²) in [4.78, 5) is 0. The molecule has 6 rings (SSSR count). The number of fused-ring (bicyclic) bond motifs is 6. The summed E-state index contributed by atoms with van der Waals surface area (Å²) in [5.74, 6) is 0. The molecule has 4 aromatic carbocycles. The van der Waals surface area contributed by atoms with Crippen molar-refractivity contribution in [1.29, 1.82) is 0 Å². The molecule has 0 fully saturated rings. The average molecular weight is 345 g/mol. The topological polar surface area (TPSA) is 4.93 Å². The second-order valence-corrected chi connectivity index (χ2v) is 7.47. The van der Waals surface area contributed by atoms with E-state index < -0.39 is 0 Å². The third-order valence-corrected chi connectivity index (χ3v) is 6.08. The molecular weight excluding hydrogens is 326 g/mol. The Morgan fingerprint density at radius 2 is 1.37 bits per heavy atom.